The van der Waals surface area contributed by atoms with Gasteiger partial charge in [0, 0.05) is 28.7 Å². The number of para-hydroxylation sites is 1. The molecule has 6 nitrogen and oxygen atoms in total. The maximum Gasteiger partial charge on any atom is 0.257 e. The summed E-state index contributed by atoms with van der Waals surface area (Å²) in [6.45, 7) is 1.71. The summed E-state index contributed by atoms with van der Waals surface area (Å²) >= 11 is 1.60. The highest BCUT2D eigenvalue weighted by Gasteiger charge is 2.38. The Morgan fingerprint density at radius 1 is 0.826 bits per heavy atom. The minimum absolute atomic E-state index is 0.0603. The number of carbonyl (C=O) groups is 1. The van der Waals surface area contributed by atoms with Crippen molar-refractivity contribution in [1.82, 2.24) is 5.32 Å². The Morgan fingerprint density at radius 2 is 1.41 bits per heavy atom. The van der Waals surface area contributed by atoms with Crippen molar-refractivity contribution < 1.29 is 46.1 Å². The van der Waals surface area contributed by atoms with Crippen LogP contribution in [-0.4, -0.2) is 30.0 Å². The fraction of sp³-hybridized carbons (Fsp3) is 0.265. The monoisotopic (exact) mass is 659 g/mol. The average molecular weight is 660 g/mol. The molecular weight excluding hydrogens is 629 g/mol. The van der Waals surface area contributed by atoms with Gasteiger partial charge in [0.2, 0.25) is 5.82 Å². The molecule has 4 aromatic rings. The van der Waals surface area contributed by atoms with Crippen molar-refractivity contribution in [3.63, 3.8) is 0 Å². The second-order valence-corrected chi connectivity index (χ2v) is 11.7. The summed E-state index contributed by atoms with van der Waals surface area (Å²) in [6, 6.07) is 21.9. The van der Waals surface area contributed by atoms with E-state index < -0.39 is 46.8 Å². The van der Waals surface area contributed by atoms with Crippen LogP contribution in [0.5, 0.6) is 5.75 Å². The van der Waals surface area contributed by atoms with E-state index in [1.54, 1.807) is 43.1 Å². The third-order valence-corrected chi connectivity index (χ3v) is 8.88. The third kappa shape index (κ3) is 7.05. The third-order valence-electron chi connectivity index (χ3n) is 7.74. The topological polar surface area (TPSA) is 77.0 Å². The van der Waals surface area contributed by atoms with Crippen LogP contribution in [0.4, 0.5) is 22.0 Å². The zero-order chi connectivity index (χ0) is 33.0. The van der Waals surface area contributed by atoms with Crippen molar-refractivity contribution in [3.05, 3.63) is 130 Å². The van der Waals surface area contributed by atoms with Gasteiger partial charge in [-0.15, -0.1) is 11.8 Å². The lowest BCUT2D eigenvalue weighted by atomic mass is 9.91. The van der Waals surface area contributed by atoms with Gasteiger partial charge in [-0.1, -0.05) is 67.6 Å². The van der Waals surface area contributed by atoms with E-state index in [4.69, 9.17) is 14.2 Å². The Hall–Kier alpha value is -3.97. The Labute approximate surface area is 266 Å². The van der Waals surface area contributed by atoms with Gasteiger partial charge < -0.3 is 24.6 Å². The van der Waals surface area contributed by atoms with E-state index in [9.17, 15) is 31.9 Å². The molecule has 4 unspecified atom stereocenters. The lowest BCUT2D eigenvalue weighted by molar-refractivity contribution is -0.268. The largest absolute Gasteiger partial charge is 0.496 e. The first-order valence-corrected chi connectivity index (χ1v) is 15.3. The van der Waals surface area contributed by atoms with Crippen LogP contribution in [0.25, 0.3) is 0 Å². The molecule has 0 aliphatic carbocycles. The first kappa shape index (κ1) is 33.4. The first-order chi connectivity index (χ1) is 22.1. The average Bonchev–Trinajstić information content (AvgIpc) is 3.09. The highest BCUT2D eigenvalue weighted by atomic mass is 32.2. The number of methoxy groups -OCH3 is 1. The maximum atomic E-state index is 14.0. The smallest absolute Gasteiger partial charge is 0.257 e. The highest BCUT2D eigenvalue weighted by molar-refractivity contribution is 7.99. The maximum absolute atomic E-state index is 14.0. The van der Waals surface area contributed by atoms with Crippen molar-refractivity contribution in [3.8, 4) is 5.75 Å². The van der Waals surface area contributed by atoms with E-state index in [1.165, 1.54) is 0 Å². The molecule has 1 saturated heterocycles. The number of benzene rings is 4. The molecule has 12 heteroatoms. The van der Waals surface area contributed by atoms with Crippen LogP contribution < -0.4 is 10.1 Å². The second kappa shape index (κ2) is 14.6. The van der Waals surface area contributed by atoms with Crippen LogP contribution in [0.1, 0.15) is 51.9 Å². The molecule has 1 fully saturated rings. The molecular formula is C34H30F5NO5S. The molecule has 1 aliphatic rings. The van der Waals surface area contributed by atoms with Crippen LogP contribution >= 0.6 is 11.8 Å². The number of rotatable bonds is 10. The molecule has 2 N–H and O–H groups in total. The molecule has 0 bridgehead atoms. The number of aliphatic hydroxyl groups excluding tert-OH is 1. The molecule has 0 spiro atoms. The van der Waals surface area contributed by atoms with Crippen molar-refractivity contribution >= 4 is 17.7 Å². The molecule has 4 aromatic carbocycles. The number of nitrogens with one attached hydrogen (secondary N) is 1. The molecule has 5 rings (SSSR count). The van der Waals surface area contributed by atoms with E-state index in [2.05, 4.69) is 5.32 Å². The van der Waals surface area contributed by atoms with Crippen molar-refractivity contribution in [1.29, 1.82) is 0 Å². The van der Waals surface area contributed by atoms with Crippen molar-refractivity contribution in [2.75, 3.05) is 12.9 Å². The second-order valence-electron chi connectivity index (χ2n) is 10.7. The summed E-state index contributed by atoms with van der Waals surface area (Å²) in [5, 5.41) is 11.7. The molecule has 4 atom stereocenters. The first-order valence-electron chi connectivity index (χ1n) is 14.3. The fourth-order valence-electron chi connectivity index (χ4n) is 5.09. The van der Waals surface area contributed by atoms with Crippen LogP contribution in [0.2, 0.25) is 0 Å². The zero-order valence-corrected chi connectivity index (χ0v) is 25.6. The SMILES string of the molecule is COc1ccccc1SCC1OC(c2ccc(CNC(=O)c3c(F)c(F)c(F)c(F)c3F)cc2)OC(c2ccc(CO)cc2)C1C. The summed E-state index contributed by atoms with van der Waals surface area (Å²) in [5.74, 6) is -11.3. The van der Waals surface area contributed by atoms with E-state index in [0.717, 1.165) is 21.8 Å². The number of hydrogen-bond acceptors (Lipinski definition) is 6. The lowest BCUT2D eigenvalue weighted by Crippen LogP contribution is -2.38. The Morgan fingerprint density at radius 3 is 2.04 bits per heavy atom. The van der Waals surface area contributed by atoms with Gasteiger partial charge in [0.25, 0.3) is 5.91 Å². The van der Waals surface area contributed by atoms with Crippen LogP contribution in [0, 0.1) is 35.0 Å². The normalized spacial score (nSPS) is 19.6. The minimum Gasteiger partial charge on any atom is -0.496 e. The standard InChI is InChI=1S/C34H30F5NO5S/c1-18-24(17-46-25-6-4-3-5-23(25)43-2)44-34(45-32(18)21-11-9-20(16-41)10-12-21)22-13-7-19(8-14-22)15-40-33(42)26-27(35)29(37)31(39)30(38)28(26)36/h3-14,18,24,32,34,41H,15-17H2,1-2H3,(H,40,42). The van der Waals surface area contributed by atoms with Gasteiger partial charge in [0.15, 0.2) is 29.6 Å². The molecule has 1 heterocycles. The van der Waals surface area contributed by atoms with Crippen LogP contribution in [-0.2, 0) is 22.6 Å². The number of amides is 1. The van der Waals surface area contributed by atoms with Gasteiger partial charge in [0.1, 0.15) is 11.3 Å². The molecule has 0 aromatic heterocycles. The predicted octanol–water partition coefficient (Wildman–Crippen LogP) is 7.40. The van der Waals surface area contributed by atoms with Crippen molar-refractivity contribution in [2.45, 2.75) is 43.5 Å². The number of thioether (sulfide) groups is 1. The number of carbonyl (C=O) groups excluding carboxylic acids is 1. The van der Waals surface area contributed by atoms with E-state index in [-0.39, 0.29) is 31.3 Å². The Bertz CT molecular complexity index is 1660. The van der Waals surface area contributed by atoms with Crippen LogP contribution in [0.15, 0.2) is 77.7 Å². The van der Waals surface area contributed by atoms with Gasteiger partial charge in [-0.25, -0.2) is 22.0 Å². The van der Waals surface area contributed by atoms with Crippen molar-refractivity contribution in [2.24, 2.45) is 5.92 Å². The molecule has 46 heavy (non-hydrogen) atoms. The summed E-state index contributed by atoms with van der Waals surface area (Å²) < 4.78 is 87.0. The Balaban J connectivity index is 1.33. The summed E-state index contributed by atoms with van der Waals surface area (Å²) in [5.41, 5.74) is 1.28. The van der Waals surface area contributed by atoms with E-state index in [1.807, 2.05) is 55.5 Å². The van der Waals surface area contributed by atoms with E-state index in [0.29, 0.717) is 16.9 Å². The number of halogens is 5. The number of ether oxygens (including phenoxy) is 3. The molecule has 1 aliphatic heterocycles. The van der Waals surface area contributed by atoms with Gasteiger partial charge in [-0.2, -0.15) is 0 Å². The predicted molar refractivity (Wildman–Crippen MR) is 161 cm³/mol. The van der Waals surface area contributed by atoms with Gasteiger partial charge >= 0.3 is 0 Å². The van der Waals surface area contributed by atoms with Crippen LogP contribution in [0.3, 0.4) is 0 Å². The summed E-state index contributed by atoms with van der Waals surface area (Å²) in [7, 11) is 1.61. The molecule has 0 saturated carbocycles. The summed E-state index contributed by atoms with van der Waals surface area (Å²) in [6.07, 6.45) is -1.38. The lowest BCUT2D eigenvalue weighted by Gasteiger charge is -2.41. The minimum atomic E-state index is -2.34. The van der Waals surface area contributed by atoms with E-state index >= 15 is 0 Å². The van der Waals surface area contributed by atoms with Gasteiger partial charge in [0.05, 0.1) is 25.9 Å². The molecule has 1 amide bonds. The quantitative estimate of drug-likeness (QED) is 0.0800. The van der Waals surface area contributed by atoms with Gasteiger partial charge in [-0.3, -0.25) is 4.79 Å². The number of aliphatic hydroxyl groups is 1. The molecule has 242 valence electrons. The zero-order valence-electron chi connectivity index (χ0n) is 24.7. The Kier molecular flexibility index (Phi) is 10.6. The number of hydrogen-bond donors (Lipinski definition) is 2. The summed E-state index contributed by atoms with van der Waals surface area (Å²) in [4.78, 5) is 13.3. The fourth-order valence-corrected chi connectivity index (χ4v) is 6.28. The highest BCUT2D eigenvalue weighted by Crippen LogP contribution is 2.43. The molecule has 0 radical (unpaired) electrons. The van der Waals surface area contributed by atoms with Gasteiger partial charge in [-0.05, 0) is 28.8 Å².